The number of anilines is 1. The van der Waals surface area contributed by atoms with Crippen LogP contribution in [-0.2, 0) is 0 Å². The largest absolute Gasteiger partial charge is 0.393 e. The van der Waals surface area contributed by atoms with Gasteiger partial charge in [0.2, 0.25) is 5.95 Å². The van der Waals surface area contributed by atoms with E-state index < -0.39 is 0 Å². The van der Waals surface area contributed by atoms with Crippen LogP contribution < -0.4 is 16.2 Å². The van der Waals surface area contributed by atoms with Crippen LogP contribution in [0.2, 0.25) is 0 Å². The average molecular weight is 428 g/mol. The van der Waals surface area contributed by atoms with Crippen molar-refractivity contribution in [3.05, 3.63) is 28.3 Å². The van der Waals surface area contributed by atoms with Crippen LogP contribution in [0.1, 0.15) is 83.2 Å². The molecule has 1 saturated carbocycles. The molecule has 4 rings (SSSR count). The molecule has 1 aliphatic carbocycles. The molecule has 7 nitrogen and oxygen atoms in total. The number of nitrogens with zero attached hydrogens (tertiary/aromatic N) is 3. The van der Waals surface area contributed by atoms with Gasteiger partial charge in [-0.25, -0.2) is 9.97 Å². The van der Waals surface area contributed by atoms with E-state index in [0.717, 1.165) is 69.1 Å². The second-order valence-corrected chi connectivity index (χ2v) is 9.91. The van der Waals surface area contributed by atoms with Crippen LogP contribution in [0.3, 0.4) is 0 Å². The standard InChI is InChI=1S/C24H37N5O2/c1-15(2)12-16(3)27-24-26-13-20-22(28-24)21(17-4-6-19(30)7-5-17)14-29(23(20)31)18-8-10-25-11-9-18/h13-19,25,30H,4-12H2,1-3H3,(H,26,27,28)/t16?,17-,19-. The molecule has 7 heteroatoms. The average Bonchev–Trinajstić information content (AvgIpc) is 2.75. The summed E-state index contributed by atoms with van der Waals surface area (Å²) < 4.78 is 1.95. The number of rotatable bonds is 6. The maximum Gasteiger partial charge on any atom is 0.261 e. The summed E-state index contributed by atoms with van der Waals surface area (Å²) in [6.45, 7) is 8.43. The van der Waals surface area contributed by atoms with Gasteiger partial charge in [0.05, 0.1) is 17.0 Å². The summed E-state index contributed by atoms with van der Waals surface area (Å²) in [4.78, 5) is 22.8. The summed E-state index contributed by atoms with van der Waals surface area (Å²) in [7, 11) is 0. The zero-order chi connectivity index (χ0) is 22.0. The molecule has 0 bridgehead atoms. The number of piperidine rings is 1. The molecule has 1 aliphatic heterocycles. The molecule has 1 unspecified atom stereocenters. The zero-order valence-electron chi connectivity index (χ0n) is 19.1. The SMILES string of the molecule is CC(C)CC(C)Nc1ncc2c(=O)n(C3CCNCC3)cc([C@H]3CC[C@H](O)CC3)c2n1. The third kappa shape index (κ3) is 5.09. The molecule has 1 atom stereocenters. The number of aromatic nitrogens is 3. The summed E-state index contributed by atoms with van der Waals surface area (Å²) in [5, 5.41) is 17.4. The molecule has 1 saturated heterocycles. The Hall–Kier alpha value is -1.99. The molecule has 2 aliphatic rings. The lowest BCUT2D eigenvalue weighted by molar-refractivity contribution is 0.122. The van der Waals surface area contributed by atoms with E-state index in [-0.39, 0.29) is 23.7 Å². The minimum atomic E-state index is -0.207. The van der Waals surface area contributed by atoms with Gasteiger partial charge in [0, 0.05) is 24.5 Å². The van der Waals surface area contributed by atoms with E-state index in [4.69, 9.17) is 4.98 Å². The summed E-state index contributed by atoms with van der Waals surface area (Å²) in [6.07, 6.45) is 10.0. The van der Waals surface area contributed by atoms with E-state index in [0.29, 0.717) is 23.2 Å². The first kappa shape index (κ1) is 22.2. The van der Waals surface area contributed by atoms with Crippen LogP contribution in [0.15, 0.2) is 17.2 Å². The van der Waals surface area contributed by atoms with E-state index in [1.807, 2.05) is 4.57 Å². The van der Waals surface area contributed by atoms with Crippen molar-refractivity contribution >= 4 is 16.9 Å². The highest BCUT2D eigenvalue weighted by molar-refractivity contribution is 5.81. The third-order valence-corrected chi connectivity index (χ3v) is 6.84. The first-order valence-electron chi connectivity index (χ1n) is 12.0. The second kappa shape index (κ2) is 9.65. The first-order valence-corrected chi connectivity index (χ1v) is 12.0. The number of nitrogens with one attached hydrogen (secondary N) is 2. The quantitative estimate of drug-likeness (QED) is 0.653. The number of aliphatic hydroxyl groups is 1. The van der Waals surface area contributed by atoms with Gasteiger partial charge in [-0.3, -0.25) is 4.79 Å². The Morgan fingerprint density at radius 3 is 2.55 bits per heavy atom. The summed E-state index contributed by atoms with van der Waals surface area (Å²) in [6, 6.07) is 0.482. The maximum absolute atomic E-state index is 13.4. The highest BCUT2D eigenvalue weighted by Gasteiger charge is 2.26. The smallest absolute Gasteiger partial charge is 0.261 e. The Morgan fingerprint density at radius 2 is 1.87 bits per heavy atom. The van der Waals surface area contributed by atoms with Gasteiger partial charge in [-0.2, -0.15) is 0 Å². The molecule has 2 aromatic heterocycles. The van der Waals surface area contributed by atoms with Gasteiger partial charge in [-0.05, 0) is 82.4 Å². The van der Waals surface area contributed by atoms with Crippen LogP contribution >= 0.6 is 0 Å². The van der Waals surface area contributed by atoms with E-state index in [9.17, 15) is 9.90 Å². The number of fused-ring (bicyclic) bond motifs is 1. The van der Waals surface area contributed by atoms with Gasteiger partial charge in [0.15, 0.2) is 0 Å². The van der Waals surface area contributed by atoms with Crippen LogP contribution in [0.5, 0.6) is 0 Å². The minimum Gasteiger partial charge on any atom is -0.393 e. The Kier molecular flexibility index (Phi) is 6.92. The molecule has 31 heavy (non-hydrogen) atoms. The van der Waals surface area contributed by atoms with Crippen molar-refractivity contribution in [2.75, 3.05) is 18.4 Å². The number of hydrogen-bond donors (Lipinski definition) is 3. The van der Waals surface area contributed by atoms with Gasteiger partial charge >= 0.3 is 0 Å². The van der Waals surface area contributed by atoms with Crippen molar-refractivity contribution in [2.24, 2.45) is 5.92 Å². The molecule has 3 N–H and O–H groups in total. The van der Waals surface area contributed by atoms with Crippen LogP contribution in [0.4, 0.5) is 5.95 Å². The van der Waals surface area contributed by atoms with E-state index in [1.165, 1.54) is 0 Å². The summed E-state index contributed by atoms with van der Waals surface area (Å²) in [5.74, 6) is 1.50. The van der Waals surface area contributed by atoms with Crippen molar-refractivity contribution in [1.82, 2.24) is 19.9 Å². The fourth-order valence-electron chi connectivity index (χ4n) is 5.26. The number of aliphatic hydroxyl groups excluding tert-OH is 1. The van der Waals surface area contributed by atoms with Gasteiger partial charge in [0.1, 0.15) is 0 Å². The Balaban J connectivity index is 1.75. The monoisotopic (exact) mass is 427 g/mol. The fourth-order valence-corrected chi connectivity index (χ4v) is 5.26. The predicted molar refractivity (Wildman–Crippen MR) is 125 cm³/mol. The molecule has 2 fully saturated rings. The van der Waals surface area contributed by atoms with Crippen LogP contribution in [-0.4, -0.2) is 44.9 Å². The van der Waals surface area contributed by atoms with Crippen LogP contribution in [0.25, 0.3) is 10.9 Å². The molecular formula is C24H37N5O2. The van der Waals surface area contributed by atoms with Crippen molar-refractivity contribution in [2.45, 2.75) is 89.8 Å². The van der Waals surface area contributed by atoms with Crippen molar-refractivity contribution in [3.63, 3.8) is 0 Å². The first-order chi connectivity index (χ1) is 14.9. The minimum absolute atomic E-state index is 0.0169. The zero-order valence-corrected chi connectivity index (χ0v) is 19.1. The lowest BCUT2D eigenvalue weighted by Crippen LogP contribution is -2.35. The maximum atomic E-state index is 13.4. The van der Waals surface area contributed by atoms with Crippen molar-refractivity contribution in [3.8, 4) is 0 Å². The highest BCUT2D eigenvalue weighted by Crippen LogP contribution is 2.36. The molecule has 170 valence electrons. The van der Waals surface area contributed by atoms with E-state index >= 15 is 0 Å². The van der Waals surface area contributed by atoms with E-state index in [2.05, 4.69) is 42.6 Å². The van der Waals surface area contributed by atoms with Gasteiger partial charge in [0.25, 0.3) is 5.56 Å². The number of pyridine rings is 1. The Morgan fingerprint density at radius 1 is 1.16 bits per heavy atom. The molecule has 0 amide bonds. The van der Waals surface area contributed by atoms with Crippen LogP contribution in [0, 0.1) is 5.92 Å². The van der Waals surface area contributed by atoms with Crippen molar-refractivity contribution < 1.29 is 5.11 Å². The third-order valence-electron chi connectivity index (χ3n) is 6.84. The molecule has 3 heterocycles. The normalized spacial score (nSPS) is 23.9. The topological polar surface area (TPSA) is 92.1 Å². The summed E-state index contributed by atoms with van der Waals surface area (Å²) >= 11 is 0. The molecule has 0 spiro atoms. The number of hydrogen-bond acceptors (Lipinski definition) is 6. The Bertz CT molecular complexity index is 943. The second-order valence-electron chi connectivity index (χ2n) is 9.91. The molecule has 2 aromatic rings. The lowest BCUT2D eigenvalue weighted by Gasteiger charge is -2.29. The van der Waals surface area contributed by atoms with Gasteiger partial charge in [-0.1, -0.05) is 13.8 Å². The van der Waals surface area contributed by atoms with Crippen molar-refractivity contribution in [1.29, 1.82) is 0 Å². The Labute approximate surface area is 184 Å². The fraction of sp³-hybridized carbons (Fsp3) is 0.708. The molecule has 0 aromatic carbocycles. The van der Waals surface area contributed by atoms with Gasteiger partial charge in [-0.15, -0.1) is 0 Å². The highest BCUT2D eigenvalue weighted by atomic mass is 16.3. The molecular weight excluding hydrogens is 390 g/mol. The summed E-state index contributed by atoms with van der Waals surface area (Å²) in [5.41, 5.74) is 1.94. The van der Waals surface area contributed by atoms with Gasteiger partial charge < -0.3 is 20.3 Å². The van der Waals surface area contributed by atoms with E-state index in [1.54, 1.807) is 6.20 Å². The predicted octanol–water partition coefficient (Wildman–Crippen LogP) is 3.58. The molecule has 0 radical (unpaired) electrons. The lowest BCUT2D eigenvalue weighted by atomic mass is 9.82.